The van der Waals surface area contributed by atoms with Gasteiger partial charge >= 0.3 is 5.97 Å². The number of benzene rings is 1. The average Bonchev–Trinajstić information content (AvgIpc) is 2.37. The van der Waals surface area contributed by atoms with Crippen molar-refractivity contribution in [3.05, 3.63) is 35.4 Å². The highest BCUT2D eigenvalue weighted by Gasteiger charge is 2.34. The van der Waals surface area contributed by atoms with Gasteiger partial charge in [0.1, 0.15) is 6.29 Å². The lowest BCUT2D eigenvalue weighted by molar-refractivity contribution is -0.151. The van der Waals surface area contributed by atoms with E-state index in [2.05, 4.69) is 0 Å². The second-order valence-corrected chi connectivity index (χ2v) is 4.34. The fourth-order valence-electron chi connectivity index (χ4n) is 2.39. The quantitative estimate of drug-likeness (QED) is 0.589. The molecule has 2 rings (SSSR count). The summed E-state index contributed by atoms with van der Waals surface area (Å²) in [6, 6.07) is 7.96. The molecule has 0 radical (unpaired) electrons. The van der Waals surface area contributed by atoms with Gasteiger partial charge in [0.05, 0.1) is 12.5 Å². The molecule has 2 unspecified atom stereocenters. The van der Waals surface area contributed by atoms with Gasteiger partial charge in [0.15, 0.2) is 0 Å². The Labute approximate surface area is 101 Å². The maximum atomic E-state index is 11.8. The van der Waals surface area contributed by atoms with Gasteiger partial charge in [-0.3, -0.25) is 4.79 Å². The van der Waals surface area contributed by atoms with E-state index < -0.39 is 0 Å². The third-order valence-corrected chi connectivity index (χ3v) is 3.29. The Morgan fingerprint density at radius 3 is 2.59 bits per heavy atom. The number of esters is 1. The lowest BCUT2D eigenvalue weighted by Gasteiger charge is -2.28. The Balaban J connectivity index is 2.24. The second-order valence-electron chi connectivity index (χ2n) is 4.34. The van der Waals surface area contributed by atoms with Crippen LogP contribution < -0.4 is 0 Å². The van der Waals surface area contributed by atoms with E-state index in [1.165, 1.54) is 5.56 Å². The van der Waals surface area contributed by atoms with Gasteiger partial charge in [-0.2, -0.15) is 0 Å². The van der Waals surface area contributed by atoms with E-state index in [-0.39, 0.29) is 17.8 Å². The molecular formula is C14H16O3. The van der Waals surface area contributed by atoms with Gasteiger partial charge in [-0.25, -0.2) is 0 Å². The maximum Gasteiger partial charge on any atom is 0.309 e. The molecule has 0 bridgehead atoms. The van der Waals surface area contributed by atoms with Crippen molar-refractivity contribution in [2.75, 3.05) is 6.61 Å². The number of rotatable bonds is 3. The number of hydrogen-bond acceptors (Lipinski definition) is 3. The first-order chi connectivity index (χ1) is 8.26. The van der Waals surface area contributed by atoms with Crippen LogP contribution in [0.1, 0.15) is 18.1 Å². The van der Waals surface area contributed by atoms with Crippen molar-refractivity contribution in [2.24, 2.45) is 11.8 Å². The van der Waals surface area contributed by atoms with Crippen LogP contribution >= 0.6 is 0 Å². The number of carbonyl (C=O) groups is 2. The summed E-state index contributed by atoms with van der Waals surface area (Å²) >= 11 is 0. The third kappa shape index (κ3) is 2.38. The van der Waals surface area contributed by atoms with E-state index in [9.17, 15) is 9.59 Å². The molecule has 0 heterocycles. The molecule has 1 aliphatic rings. The summed E-state index contributed by atoms with van der Waals surface area (Å²) in [5.74, 6) is -0.814. The highest BCUT2D eigenvalue weighted by atomic mass is 16.5. The lowest BCUT2D eigenvalue weighted by atomic mass is 9.76. The molecule has 0 aliphatic heterocycles. The monoisotopic (exact) mass is 232 g/mol. The number of fused-ring (bicyclic) bond motifs is 1. The molecule has 0 amide bonds. The molecule has 0 spiro atoms. The van der Waals surface area contributed by atoms with Crippen molar-refractivity contribution >= 4 is 12.3 Å². The molecule has 0 aromatic heterocycles. The largest absolute Gasteiger partial charge is 0.466 e. The van der Waals surface area contributed by atoms with E-state index in [4.69, 9.17) is 4.74 Å². The minimum absolute atomic E-state index is 0.246. The summed E-state index contributed by atoms with van der Waals surface area (Å²) in [7, 11) is 0. The molecule has 90 valence electrons. The summed E-state index contributed by atoms with van der Waals surface area (Å²) in [4.78, 5) is 22.9. The Kier molecular flexibility index (Phi) is 3.57. The van der Waals surface area contributed by atoms with E-state index >= 15 is 0 Å². The van der Waals surface area contributed by atoms with E-state index in [0.717, 1.165) is 11.8 Å². The number of ether oxygens (including phenoxy) is 1. The lowest BCUT2D eigenvalue weighted by Crippen LogP contribution is -2.33. The van der Waals surface area contributed by atoms with E-state index in [0.29, 0.717) is 19.4 Å². The summed E-state index contributed by atoms with van der Waals surface area (Å²) in [5, 5.41) is 0. The summed E-state index contributed by atoms with van der Waals surface area (Å²) in [6.07, 6.45) is 2.14. The Morgan fingerprint density at radius 2 is 2.00 bits per heavy atom. The molecule has 3 heteroatoms. The molecule has 1 aliphatic carbocycles. The van der Waals surface area contributed by atoms with Crippen LogP contribution in [0.25, 0.3) is 0 Å². The smallest absolute Gasteiger partial charge is 0.309 e. The average molecular weight is 232 g/mol. The van der Waals surface area contributed by atoms with Gasteiger partial charge in [-0.15, -0.1) is 0 Å². The van der Waals surface area contributed by atoms with Gasteiger partial charge in [0.2, 0.25) is 0 Å². The van der Waals surface area contributed by atoms with Crippen LogP contribution in [0.4, 0.5) is 0 Å². The van der Waals surface area contributed by atoms with Crippen LogP contribution in [-0.2, 0) is 27.2 Å². The second kappa shape index (κ2) is 5.13. The Bertz CT molecular complexity index is 425. The molecule has 0 fully saturated rings. The van der Waals surface area contributed by atoms with E-state index in [1.807, 2.05) is 24.3 Å². The number of carbonyl (C=O) groups excluding carboxylic acids is 2. The van der Waals surface area contributed by atoms with E-state index in [1.54, 1.807) is 6.92 Å². The zero-order valence-corrected chi connectivity index (χ0v) is 9.89. The molecule has 0 N–H and O–H groups in total. The van der Waals surface area contributed by atoms with Crippen molar-refractivity contribution in [1.82, 2.24) is 0 Å². The summed E-state index contributed by atoms with van der Waals surface area (Å²) in [6.45, 7) is 2.15. The molecule has 3 nitrogen and oxygen atoms in total. The van der Waals surface area contributed by atoms with Gasteiger partial charge < -0.3 is 9.53 Å². The summed E-state index contributed by atoms with van der Waals surface area (Å²) in [5.41, 5.74) is 2.33. The highest BCUT2D eigenvalue weighted by molar-refractivity contribution is 5.78. The van der Waals surface area contributed by atoms with Crippen LogP contribution in [0.2, 0.25) is 0 Å². The fraction of sp³-hybridized carbons (Fsp3) is 0.429. The SMILES string of the molecule is CCOC(=O)C1Cc2ccccc2CC1C=O. The highest BCUT2D eigenvalue weighted by Crippen LogP contribution is 2.29. The first kappa shape index (κ1) is 11.8. The van der Waals surface area contributed by atoms with Gasteiger partial charge in [-0.1, -0.05) is 24.3 Å². The topological polar surface area (TPSA) is 43.4 Å². The standard InChI is InChI=1S/C14H16O3/c1-2-17-14(16)13-8-11-6-4-3-5-10(11)7-12(13)9-15/h3-6,9,12-13H,2,7-8H2,1H3. The normalized spacial score (nSPS) is 22.6. The Hall–Kier alpha value is -1.64. The predicted octanol–water partition coefficient (Wildman–Crippen LogP) is 1.78. The van der Waals surface area contributed by atoms with Crippen molar-refractivity contribution in [2.45, 2.75) is 19.8 Å². The van der Waals surface area contributed by atoms with Crippen molar-refractivity contribution < 1.29 is 14.3 Å². The maximum absolute atomic E-state index is 11.8. The third-order valence-electron chi connectivity index (χ3n) is 3.29. The molecule has 2 atom stereocenters. The van der Waals surface area contributed by atoms with Crippen LogP contribution in [0, 0.1) is 11.8 Å². The number of hydrogen-bond donors (Lipinski definition) is 0. The van der Waals surface area contributed by atoms with Crippen molar-refractivity contribution in [3.8, 4) is 0 Å². The minimum Gasteiger partial charge on any atom is -0.466 e. The van der Waals surface area contributed by atoms with Crippen LogP contribution in [0.15, 0.2) is 24.3 Å². The Morgan fingerprint density at radius 1 is 1.35 bits per heavy atom. The van der Waals surface area contributed by atoms with Crippen LogP contribution in [0.3, 0.4) is 0 Å². The first-order valence-corrected chi connectivity index (χ1v) is 5.95. The number of aldehydes is 1. The van der Waals surface area contributed by atoms with Crippen LogP contribution in [-0.4, -0.2) is 18.9 Å². The minimum atomic E-state index is -0.317. The first-order valence-electron chi connectivity index (χ1n) is 5.95. The predicted molar refractivity (Wildman–Crippen MR) is 63.5 cm³/mol. The molecule has 17 heavy (non-hydrogen) atoms. The van der Waals surface area contributed by atoms with Crippen molar-refractivity contribution in [3.63, 3.8) is 0 Å². The molecular weight excluding hydrogens is 216 g/mol. The fourth-order valence-corrected chi connectivity index (χ4v) is 2.39. The van der Waals surface area contributed by atoms with Gasteiger partial charge in [0, 0.05) is 5.92 Å². The zero-order chi connectivity index (χ0) is 12.3. The van der Waals surface area contributed by atoms with Crippen molar-refractivity contribution in [1.29, 1.82) is 0 Å². The molecule has 0 saturated carbocycles. The molecule has 0 saturated heterocycles. The zero-order valence-electron chi connectivity index (χ0n) is 9.89. The molecule has 1 aromatic rings. The van der Waals surface area contributed by atoms with Gasteiger partial charge in [-0.05, 0) is 30.9 Å². The van der Waals surface area contributed by atoms with Crippen LogP contribution in [0.5, 0.6) is 0 Å². The summed E-state index contributed by atoms with van der Waals surface area (Å²) < 4.78 is 5.03. The molecule has 1 aromatic carbocycles. The van der Waals surface area contributed by atoms with Gasteiger partial charge in [0.25, 0.3) is 0 Å².